The van der Waals surface area contributed by atoms with Gasteiger partial charge in [-0.2, -0.15) is 0 Å². The number of nitrogens with one attached hydrogen (secondary N) is 1. The molecule has 2 nitrogen and oxygen atoms in total. The van der Waals surface area contributed by atoms with Crippen LogP contribution in [0.2, 0.25) is 0 Å². The van der Waals surface area contributed by atoms with Crippen molar-refractivity contribution in [3.63, 3.8) is 0 Å². The number of benzene rings is 8. The number of rotatable bonds is 5. The van der Waals surface area contributed by atoms with Crippen LogP contribution in [-0.2, 0) is 0 Å². The molecule has 0 bridgehead atoms. The summed E-state index contributed by atoms with van der Waals surface area (Å²) in [6.07, 6.45) is 0. The molecule has 0 spiro atoms. The second-order valence-corrected chi connectivity index (χ2v) is 11.9. The predicted molar refractivity (Wildman–Crippen MR) is 195 cm³/mol. The van der Waals surface area contributed by atoms with E-state index in [2.05, 4.69) is 169 Å². The Balaban J connectivity index is 0.953. The second-order valence-electron chi connectivity index (χ2n) is 11.9. The number of fused-ring (bicyclic) bond motifs is 6. The van der Waals surface area contributed by atoms with Crippen molar-refractivity contribution in [1.82, 2.24) is 0 Å². The first kappa shape index (κ1) is 26.3. The highest BCUT2D eigenvalue weighted by Gasteiger charge is 2.13. The van der Waals surface area contributed by atoms with Crippen molar-refractivity contribution in [3.8, 4) is 33.4 Å². The van der Waals surface area contributed by atoms with E-state index >= 15 is 0 Å². The van der Waals surface area contributed by atoms with E-state index in [1.54, 1.807) is 0 Å². The van der Waals surface area contributed by atoms with Crippen LogP contribution >= 0.6 is 0 Å². The highest BCUT2D eigenvalue weighted by atomic mass is 16.3. The summed E-state index contributed by atoms with van der Waals surface area (Å²) in [6, 6.07) is 60.4. The Labute approximate surface area is 267 Å². The van der Waals surface area contributed by atoms with Gasteiger partial charge in [0.25, 0.3) is 0 Å². The molecule has 1 heterocycles. The van der Waals surface area contributed by atoms with Crippen LogP contribution in [0.1, 0.15) is 0 Å². The van der Waals surface area contributed by atoms with Crippen LogP contribution in [0.25, 0.3) is 76.9 Å². The van der Waals surface area contributed by atoms with Gasteiger partial charge in [0.15, 0.2) is 0 Å². The highest BCUT2D eigenvalue weighted by molar-refractivity contribution is 6.11. The van der Waals surface area contributed by atoms with Crippen LogP contribution in [0.5, 0.6) is 0 Å². The molecule has 0 atom stereocenters. The van der Waals surface area contributed by atoms with E-state index in [4.69, 9.17) is 4.42 Å². The summed E-state index contributed by atoms with van der Waals surface area (Å²) in [6.45, 7) is 0. The zero-order valence-corrected chi connectivity index (χ0v) is 25.1. The SMILES string of the molecule is c1ccc(-c2cccc3c2oc2ccc(-c4ccc(Nc5ccc(-c6ccc7c(ccc8ccccc87)c6)cc5)cc4)cc23)cc1. The summed E-state index contributed by atoms with van der Waals surface area (Å²) in [4.78, 5) is 0. The molecule has 9 aromatic rings. The van der Waals surface area contributed by atoms with Crippen molar-refractivity contribution in [1.29, 1.82) is 0 Å². The van der Waals surface area contributed by atoms with Gasteiger partial charge in [0.1, 0.15) is 11.2 Å². The fourth-order valence-corrected chi connectivity index (χ4v) is 6.67. The quantitative estimate of drug-likeness (QED) is 0.203. The largest absolute Gasteiger partial charge is 0.455 e. The molecule has 2 heteroatoms. The third-order valence-electron chi connectivity index (χ3n) is 9.05. The van der Waals surface area contributed by atoms with E-state index in [1.165, 1.54) is 43.8 Å². The van der Waals surface area contributed by atoms with Crippen molar-refractivity contribution < 1.29 is 4.42 Å². The molecule has 0 fully saturated rings. The first-order valence-corrected chi connectivity index (χ1v) is 15.7. The topological polar surface area (TPSA) is 25.2 Å². The number of furan rings is 1. The Hall–Kier alpha value is -6.12. The Kier molecular flexibility index (Phi) is 6.17. The maximum atomic E-state index is 6.38. The summed E-state index contributed by atoms with van der Waals surface area (Å²) < 4.78 is 6.38. The van der Waals surface area contributed by atoms with E-state index in [0.29, 0.717) is 0 Å². The molecule has 0 radical (unpaired) electrons. The van der Waals surface area contributed by atoms with E-state index in [0.717, 1.165) is 44.4 Å². The van der Waals surface area contributed by atoms with Crippen molar-refractivity contribution >= 4 is 54.9 Å². The lowest BCUT2D eigenvalue weighted by molar-refractivity contribution is 0.670. The number of hydrogen-bond acceptors (Lipinski definition) is 2. The van der Waals surface area contributed by atoms with Crippen molar-refractivity contribution in [3.05, 3.63) is 170 Å². The maximum Gasteiger partial charge on any atom is 0.143 e. The minimum Gasteiger partial charge on any atom is -0.455 e. The summed E-state index contributed by atoms with van der Waals surface area (Å²) in [5, 5.41) is 11.0. The van der Waals surface area contributed by atoms with Crippen molar-refractivity contribution in [2.75, 3.05) is 5.32 Å². The molecule has 0 unspecified atom stereocenters. The summed E-state index contributed by atoms with van der Waals surface area (Å²) >= 11 is 0. The molecule has 1 aromatic heterocycles. The lowest BCUT2D eigenvalue weighted by atomic mass is 9.97. The fraction of sp³-hybridized carbons (Fsp3) is 0. The van der Waals surface area contributed by atoms with Gasteiger partial charge in [-0.3, -0.25) is 0 Å². The van der Waals surface area contributed by atoms with Gasteiger partial charge in [-0.05, 0) is 91.8 Å². The molecule has 46 heavy (non-hydrogen) atoms. The van der Waals surface area contributed by atoms with Crippen LogP contribution < -0.4 is 5.32 Å². The smallest absolute Gasteiger partial charge is 0.143 e. The van der Waals surface area contributed by atoms with E-state index < -0.39 is 0 Å². The normalized spacial score (nSPS) is 11.5. The molecular formula is C44H29NO. The van der Waals surface area contributed by atoms with Gasteiger partial charge in [-0.25, -0.2) is 0 Å². The van der Waals surface area contributed by atoms with Gasteiger partial charge in [-0.1, -0.05) is 127 Å². The van der Waals surface area contributed by atoms with E-state index in [-0.39, 0.29) is 0 Å². The van der Waals surface area contributed by atoms with Crippen LogP contribution in [0.15, 0.2) is 174 Å². The molecule has 216 valence electrons. The monoisotopic (exact) mass is 587 g/mol. The van der Waals surface area contributed by atoms with Crippen LogP contribution in [0.3, 0.4) is 0 Å². The Morgan fingerprint density at radius 2 is 0.957 bits per heavy atom. The van der Waals surface area contributed by atoms with Gasteiger partial charge in [0, 0.05) is 27.7 Å². The maximum absolute atomic E-state index is 6.38. The zero-order valence-electron chi connectivity index (χ0n) is 25.1. The minimum absolute atomic E-state index is 0.904. The number of para-hydroxylation sites is 1. The van der Waals surface area contributed by atoms with Gasteiger partial charge in [0.2, 0.25) is 0 Å². The van der Waals surface area contributed by atoms with Gasteiger partial charge >= 0.3 is 0 Å². The third kappa shape index (κ3) is 4.60. The van der Waals surface area contributed by atoms with Gasteiger partial charge in [-0.15, -0.1) is 0 Å². The standard InChI is InChI=1S/C44H29NO/c1-2-7-31(8-3-1)40-11-6-12-41-42-28-34(20-26-43(42)46-44(40)41)30-17-23-37(24-18-30)45-36-21-15-29(16-22-36)33-19-25-39-35(27-33)14-13-32-9-4-5-10-38(32)39/h1-28,45H. The predicted octanol–water partition coefficient (Wildman–Crippen LogP) is 12.6. The molecule has 1 N–H and O–H groups in total. The Morgan fingerprint density at radius 3 is 1.74 bits per heavy atom. The molecule has 0 saturated heterocycles. The van der Waals surface area contributed by atoms with Crippen molar-refractivity contribution in [2.24, 2.45) is 0 Å². The minimum atomic E-state index is 0.904. The average Bonchev–Trinajstić information content (AvgIpc) is 3.51. The number of hydrogen-bond donors (Lipinski definition) is 1. The Morgan fingerprint density at radius 1 is 0.348 bits per heavy atom. The van der Waals surface area contributed by atoms with Crippen molar-refractivity contribution in [2.45, 2.75) is 0 Å². The number of anilines is 2. The lowest BCUT2D eigenvalue weighted by Crippen LogP contribution is -1.90. The van der Waals surface area contributed by atoms with E-state index in [9.17, 15) is 0 Å². The Bertz CT molecular complexity index is 2520. The van der Waals surface area contributed by atoms with Gasteiger partial charge in [0.05, 0.1) is 0 Å². The third-order valence-corrected chi connectivity index (χ3v) is 9.05. The summed E-state index contributed by atoms with van der Waals surface area (Å²) in [5.74, 6) is 0. The fourth-order valence-electron chi connectivity index (χ4n) is 6.67. The molecule has 0 aliphatic heterocycles. The molecular weight excluding hydrogens is 558 g/mol. The molecule has 0 aliphatic carbocycles. The first-order chi connectivity index (χ1) is 22.8. The van der Waals surface area contributed by atoms with Crippen LogP contribution in [0.4, 0.5) is 11.4 Å². The molecule has 0 amide bonds. The van der Waals surface area contributed by atoms with Gasteiger partial charge < -0.3 is 9.73 Å². The first-order valence-electron chi connectivity index (χ1n) is 15.7. The average molecular weight is 588 g/mol. The molecule has 8 aromatic carbocycles. The van der Waals surface area contributed by atoms with E-state index in [1.807, 2.05) is 6.07 Å². The second kappa shape index (κ2) is 10.8. The molecule has 0 saturated carbocycles. The van der Waals surface area contributed by atoms with Crippen LogP contribution in [0, 0.1) is 0 Å². The summed E-state index contributed by atoms with van der Waals surface area (Å²) in [7, 11) is 0. The molecule has 0 aliphatic rings. The highest BCUT2D eigenvalue weighted by Crippen LogP contribution is 2.38. The zero-order chi connectivity index (χ0) is 30.5. The van der Waals surface area contributed by atoms with Crippen LogP contribution in [-0.4, -0.2) is 0 Å². The molecule has 9 rings (SSSR count). The lowest BCUT2D eigenvalue weighted by Gasteiger charge is -2.10. The summed E-state index contributed by atoms with van der Waals surface area (Å²) in [5.41, 5.74) is 11.0.